The maximum absolute atomic E-state index is 12.7. The molecule has 10 nitrogen and oxygen atoms in total. The zero-order valence-electron chi connectivity index (χ0n) is 15.9. The molecule has 7 N–H and O–H groups in total. The van der Waals surface area contributed by atoms with Crippen LogP contribution in [0.25, 0.3) is 0 Å². The van der Waals surface area contributed by atoms with Crippen molar-refractivity contribution in [2.24, 2.45) is 11.5 Å². The molecule has 0 unspecified atom stereocenters. The minimum absolute atomic E-state index is 0.0279. The third-order valence-electron chi connectivity index (χ3n) is 4.85. The number of hydrogen-bond donors (Lipinski definition) is 5. The molecule has 1 heterocycles. The van der Waals surface area contributed by atoms with Crippen LogP contribution in [0.5, 0.6) is 5.75 Å². The van der Waals surface area contributed by atoms with Gasteiger partial charge in [0.25, 0.3) is 0 Å². The van der Waals surface area contributed by atoms with E-state index in [9.17, 15) is 29.4 Å². The second kappa shape index (κ2) is 9.87. The van der Waals surface area contributed by atoms with Gasteiger partial charge in [-0.3, -0.25) is 14.4 Å². The summed E-state index contributed by atoms with van der Waals surface area (Å²) in [6.45, 7) is 0.330. The number of rotatable bonds is 9. The highest BCUT2D eigenvalue weighted by molar-refractivity contribution is 5.92. The van der Waals surface area contributed by atoms with Crippen molar-refractivity contribution in [3.05, 3.63) is 29.8 Å². The molecule has 0 aromatic heterocycles. The van der Waals surface area contributed by atoms with Crippen molar-refractivity contribution >= 4 is 23.7 Å². The van der Waals surface area contributed by atoms with Gasteiger partial charge in [-0.15, -0.1) is 0 Å². The van der Waals surface area contributed by atoms with Crippen molar-refractivity contribution in [2.45, 2.75) is 50.2 Å². The standard InChI is InChI=1S/C19H26N4O6/c20-13(7-8-16(21)25)18(27)23-9-1-2-15(23)17(26)22-14(19(28)29)10-11-3-5-12(24)6-4-11/h3-6,13-15,24H,1-2,7-10,20H2,(H2,21,25)(H,22,26)(H,28,29)/t13-,14-,15-/m0/s1. The van der Waals surface area contributed by atoms with E-state index in [1.165, 1.54) is 17.0 Å². The highest BCUT2D eigenvalue weighted by Gasteiger charge is 2.37. The largest absolute Gasteiger partial charge is 0.508 e. The number of nitrogens with two attached hydrogens (primary N) is 2. The molecule has 0 saturated carbocycles. The van der Waals surface area contributed by atoms with E-state index in [-0.39, 0.29) is 25.0 Å². The summed E-state index contributed by atoms with van der Waals surface area (Å²) in [7, 11) is 0. The third-order valence-corrected chi connectivity index (χ3v) is 4.85. The highest BCUT2D eigenvalue weighted by atomic mass is 16.4. The molecule has 0 radical (unpaired) electrons. The average Bonchev–Trinajstić information content (AvgIpc) is 3.16. The molecular weight excluding hydrogens is 380 g/mol. The summed E-state index contributed by atoms with van der Waals surface area (Å²) in [6.07, 6.45) is 1.05. The number of nitrogens with zero attached hydrogens (tertiary/aromatic N) is 1. The number of primary amides is 1. The molecule has 0 bridgehead atoms. The molecule has 2 rings (SSSR count). The number of benzene rings is 1. The second-order valence-corrected chi connectivity index (χ2v) is 7.07. The first kappa shape index (κ1) is 22.2. The molecule has 10 heteroatoms. The maximum Gasteiger partial charge on any atom is 0.326 e. The van der Waals surface area contributed by atoms with Crippen molar-refractivity contribution in [3.63, 3.8) is 0 Å². The number of aliphatic carboxylic acids is 1. The van der Waals surface area contributed by atoms with Crippen molar-refractivity contribution in [1.82, 2.24) is 10.2 Å². The Kier molecular flexibility index (Phi) is 7.54. The summed E-state index contributed by atoms with van der Waals surface area (Å²) >= 11 is 0. The summed E-state index contributed by atoms with van der Waals surface area (Å²) in [6, 6.07) is 3.04. The van der Waals surface area contributed by atoms with Crippen molar-refractivity contribution < 1.29 is 29.4 Å². The van der Waals surface area contributed by atoms with Crippen LogP contribution in [0.3, 0.4) is 0 Å². The van der Waals surface area contributed by atoms with Gasteiger partial charge in [0.2, 0.25) is 17.7 Å². The zero-order chi connectivity index (χ0) is 21.6. The summed E-state index contributed by atoms with van der Waals surface area (Å²) in [4.78, 5) is 49.0. The Balaban J connectivity index is 2.02. The first-order chi connectivity index (χ1) is 13.7. The number of hydrogen-bond acceptors (Lipinski definition) is 6. The van der Waals surface area contributed by atoms with E-state index in [1.54, 1.807) is 12.1 Å². The fraction of sp³-hybridized carbons (Fsp3) is 0.474. The summed E-state index contributed by atoms with van der Waals surface area (Å²) in [5.74, 6) is -2.75. The van der Waals surface area contributed by atoms with Gasteiger partial charge in [0.1, 0.15) is 17.8 Å². The Bertz CT molecular complexity index is 766. The van der Waals surface area contributed by atoms with Gasteiger partial charge < -0.3 is 31.9 Å². The highest BCUT2D eigenvalue weighted by Crippen LogP contribution is 2.20. The lowest BCUT2D eigenvalue weighted by Gasteiger charge is -2.27. The average molecular weight is 406 g/mol. The van der Waals surface area contributed by atoms with Crippen LogP contribution < -0.4 is 16.8 Å². The summed E-state index contributed by atoms with van der Waals surface area (Å²) < 4.78 is 0. The van der Waals surface area contributed by atoms with Crippen molar-refractivity contribution in [1.29, 1.82) is 0 Å². The van der Waals surface area contributed by atoms with E-state index >= 15 is 0 Å². The molecule has 1 saturated heterocycles. The van der Waals surface area contributed by atoms with Crippen molar-refractivity contribution in [2.75, 3.05) is 6.54 Å². The molecule has 0 spiro atoms. The van der Waals surface area contributed by atoms with E-state index < -0.39 is 41.8 Å². The maximum atomic E-state index is 12.7. The minimum atomic E-state index is -1.21. The molecular formula is C19H26N4O6. The lowest BCUT2D eigenvalue weighted by molar-refractivity contribution is -0.144. The second-order valence-electron chi connectivity index (χ2n) is 7.07. The molecule has 1 aromatic carbocycles. The number of carboxylic acids is 1. The van der Waals surface area contributed by atoms with Gasteiger partial charge in [0.15, 0.2) is 0 Å². The topological polar surface area (TPSA) is 176 Å². The molecule has 1 aliphatic rings. The first-order valence-electron chi connectivity index (χ1n) is 9.34. The fourth-order valence-electron chi connectivity index (χ4n) is 3.27. The molecule has 158 valence electrons. The SMILES string of the molecule is NC(=O)CC[C@H](N)C(=O)N1CCC[C@H]1C(=O)N[C@@H](Cc1ccc(O)cc1)C(=O)O. The smallest absolute Gasteiger partial charge is 0.326 e. The van der Waals surface area contributed by atoms with Gasteiger partial charge in [-0.25, -0.2) is 4.79 Å². The van der Waals surface area contributed by atoms with Crippen LogP contribution in [0.1, 0.15) is 31.2 Å². The number of phenols is 1. The minimum Gasteiger partial charge on any atom is -0.508 e. The lowest BCUT2D eigenvalue weighted by Crippen LogP contribution is -2.54. The fourth-order valence-corrected chi connectivity index (χ4v) is 3.27. The monoisotopic (exact) mass is 406 g/mol. The van der Waals surface area contributed by atoms with Gasteiger partial charge in [-0.05, 0) is 37.0 Å². The number of amides is 3. The summed E-state index contributed by atoms with van der Waals surface area (Å²) in [5.41, 5.74) is 11.5. The van der Waals surface area contributed by atoms with Gasteiger partial charge in [0, 0.05) is 19.4 Å². The number of carbonyl (C=O) groups is 4. The Hall–Kier alpha value is -3.14. The van der Waals surface area contributed by atoms with Crippen LogP contribution in [0.4, 0.5) is 0 Å². The van der Waals surface area contributed by atoms with Crippen LogP contribution in [0.15, 0.2) is 24.3 Å². The van der Waals surface area contributed by atoms with Gasteiger partial charge in [-0.2, -0.15) is 0 Å². The first-order valence-corrected chi connectivity index (χ1v) is 9.34. The number of nitrogens with one attached hydrogen (secondary N) is 1. The molecule has 0 aliphatic carbocycles. The number of carbonyl (C=O) groups excluding carboxylic acids is 3. The van der Waals surface area contributed by atoms with Crippen molar-refractivity contribution in [3.8, 4) is 5.75 Å². The number of aromatic hydroxyl groups is 1. The van der Waals surface area contributed by atoms with Crippen LogP contribution in [-0.4, -0.2) is 63.5 Å². The zero-order valence-corrected chi connectivity index (χ0v) is 15.9. The van der Waals surface area contributed by atoms with Gasteiger partial charge in [-0.1, -0.05) is 12.1 Å². The van der Waals surface area contributed by atoms with E-state index in [0.717, 1.165) is 0 Å². The predicted octanol–water partition coefficient (Wildman–Crippen LogP) is -0.912. The van der Waals surface area contributed by atoms with E-state index in [1.807, 2.05) is 0 Å². The number of phenolic OH excluding ortho intramolecular Hbond substituents is 1. The quantitative estimate of drug-likeness (QED) is 0.352. The van der Waals surface area contributed by atoms with E-state index in [2.05, 4.69) is 5.32 Å². The number of likely N-dealkylation sites (tertiary alicyclic amines) is 1. The number of carboxylic acid groups (broad SMARTS) is 1. The Morgan fingerprint density at radius 2 is 1.86 bits per heavy atom. The van der Waals surface area contributed by atoms with Gasteiger partial charge in [0.05, 0.1) is 6.04 Å². The molecule has 3 amide bonds. The van der Waals surface area contributed by atoms with Crippen LogP contribution >= 0.6 is 0 Å². The van der Waals surface area contributed by atoms with Crippen LogP contribution in [0, 0.1) is 0 Å². The Labute approximate surface area is 167 Å². The summed E-state index contributed by atoms with van der Waals surface area (Å²) in [5, 5.41) is 21.3. The molecule has 1 aliphatic heterocycles. The van der Waals surface area contributed by atoms with E-state index in [4.69, 9.17) is 11.5 Å². The third kappa shape index (κ3) is 6.18. The molecule has 1 aromatic rings. The molecule has 3 atom stereocenters. The lowest BCUT2D eigenvalue weighted by atomic mass is 10.0. The van der Waals surface area contributed by atoms with Crippen LogP contribution in [0.2, 0.25) is 0 Å². The van der Waals surface area contributed by atoms with Gasteiger partial charge >= 0.3 is 5.97 Å². The normalized spacial score (nSPS) is 18.1. The predicted molar refractivity (Wildman–Crippen MR) is 103 cm³/mol. The van der Waals surface area contributed by atoms with Crippen LogP contribution in [-0.2, 0) is 25.6 Å². The Morgan fingerprint density at radius 1 is 1.21 bits per heavy atom. The molecule has 29 heavy (non-hydrogen) atoms. The van der Waals surface area contributed by atoms with E-state index in [0.29, 0.717) is 24.9 Å². The Morgan fingerprint density at radius 3 is 2.45 bits per heavy atom. The molecule has 1 fully saturated rings.